The Morgan fingerprint density at radius 3 is 2.62 bits per heavy atom. The lowest BCUT2D eigenvalue weighted by molar-refractivity contribution is -0.431. The second-order valence-electron chi connectivity index (χ2n) is 3.69. The van der Waals surface area contributed by atoms with E-state index >= 15 is 0 Å². The highest BCUT2D eigenvalue weighted by Crippen LogP contribution is 2.25. The van der Waals surface area contributed by atoms with E-state index in [1.165, 1.54) is 18.2 Å². The molecular formula is C11H12ClNO3. The predicted molar refractivity (Wildman–Crippen MR) is 62.9 cm³/mol. The van der Waals surface area contributed by atoms with Gasteiger partial charge in [-0.1, -0.05) is 31.5 Å². The highest BCUT2D eigenvalue weighted by molar-refractivity contribution is 6.32. The number of rotatable bonds is 3. The van der Waals surface area contributed by atoms with E-state index in [-0.39, 0.29) is 22.4 Å². The van der Waals surface area contributed by atoms with Crippen molar-refractivity contribution in [3.8, 4) is 5.75 Å². The number of phenols is 1. The third-order valence-electron chi connectivity index (χ3n) is 2.09. The van der Waals surface area contributed by atoms with Crippen molar-refractivity contribution >= 4 is 17.7 Å². The average Bonchev–Trinajstić information content (AvgIpc) is 2.18. The van der Waals surface area contributed by atoms with Gasteiger partial charge in [0.2, 0.25) is 5.70 Å². The van der Waals surface area contributed by atoms with E-state index < -0.39 is 4.92 Å². The van der Waals surface area contributed by atoms with Gasteiger partial charge in [-0.25, -0.2) is 0 Å². The molecule has 0 spiro atoms. The Labute approximate surface area is 98.3 Å². The highest BCUT2D eigenvalue weighted by Gasteiger charge is 2.15. The molecule has 0 amide bonds. The molecule has 0 unspecified atom stereocenters. The van der Waals surface area contributed by atoms with Gasteiger partial charge in [-0.15, -0.1) is 0 Å². The van der Waals surface area contributed by atoms with Gasteiger partial charge in [-0.2, -0.15) is 0 Å². The van der Waals surface area contributed by atoms with E-state index in [1.807, 2.05) is 0 Å². The van der Waals surface area contributed by atoms with Crippen molar-refractivity contribution in [2.24, 2.45) is 5.92 Å². The van der Waals surface area contributed by atoms with Crippen molar-refractivity contribution in [1.82, 2.24) is 0 Å². The Morgan fingerprint density at radius 1 is 1.56 bits per heavy atom. The summed E-state index contributed by atoms with van der Waals surface area (Å²) in [5, 5.41) is 20.1. The molecule has 4 nitrogen and oxygen atoms in total. The number of aromatic hydroxyl groups is 1. The fourth-order valence-corrected chi connectivity index (χ4v) is 1.40. The van der Waals surface area contributed by atoms with E-state index in [4.69, 9.17) is 11.6 Å². The maximum absolute atomic E-state index is 10.8. The smallest absolute Gasteiger partial charge is 0.249 e. The van der Waals surface area contributed by atoms with Gasteiger partial charge in [-0.3, -0.25) is 10.1 Å². The topological polar surface area (TPSA) is 63.4 Å². The molecule has 1 N–H and O–H groups in total. The monoisotopic (exact) mass is 241 g/mol. The van der Waals surface area contributed by atoms with Crippen molar-refractivity contribution in [3.05, 3.63) is 44.6 Å². The first kappa shape index (κ1) is 12.5. The summed E-state index contributed by atoms with van der Waals surface area (Å²) in [6, 6.07) is 4.47. The molecule has 0 aliphatic carbocycles. The molecule has 1 aromatic carbocycles. The van der Waals surface area contributed by atoms with E-state index in [9.17, 15) is 15.2 Å². The van der Waals surface area contributed by atoms with Crippen molar-refractivity contribution in [2.75, 3.05) is 0 Å². The van der Waals surface area contributed by atoms with Gasteiger partial charge < -0.3 is 5.11 Å². The van der Waals surface area contributed by atoms with Gasteiger partial charge in [0.15, 0.2) is 0 Å². The minimum atomic E-state index is -0.411. The molecule has 0 atom stereocenters. The van der Waals surface area contributed by atoms with E-state index in [0.29, 0.717) is 5.56 Å². The standard InChI is InChI=1S/C11H12ClNO3/c1-7(2)10(13(15)16)6-8-3-4-11(14)9(12)5-8/h3-7,14H,1-2H3/b10-6-. The Balaban J connectivity index is 3.13. The average molecular weight is 242 g/mol. The lowest BCUT2D eigenvalue weighted by Gasteiger charge is -2.02. The molecule has 0 bridgehead atoms. The predicted octanol–water partition coefficient (Wildman–Crippen LogP) is 3.32. The van der Waals surface area contributed by atoms with Gasteiger partial charge in [0, 0.05) is 12.0 Å². The molecule has 0 aromatic heterocycles. The van der Waals surface area contributed by atoms with Crippen LogP contribution in [0.15, 0.2) is 23.9 Å². The van der Waals surface area contributed by atoms with Crippen molar-refractivity contribution in [3.63, 3.8) is 0 Å². The first-order valence-corrected chi connectivity index (χ1v) is 5.14. The number of nitro groups is 1. The summed E-state index contributed by atoms with van der Waals surface area (Å²) >= 11 is 5.71. The van der Waals surface area contributed by atoms with Gasteiger partial charge in [0.05, 0.1) is 9.95 Å². The maximum Gasteiger partial charge on any atom is 0.249 e. The third kappa shape index (κ3) is 2.97. The zero-order chi connectivity index (χ0) is 12.3. The van der Waals surface area contributed by atoms with Crippen molar-refractivity contribution in [1.29, 1.82) is 0 Å². The van der Waals surface area contributed by atoms with Crippen LogP contribution in [-0.2, 0) is 0 Å². The molecule has 5 heteroatoms. The normalized spacial score (nSPS) is 11.9. The van der Waals surface area contributed by atoms with E-state index in [2.05, 4.69) is 0 Å². The van der Waals surface area contributed by atoms with Crippen LogP contribution in [0.1, 0.15) is 19.4 Å². The van der Waals surface area contributed by atoms with Crippen LogP contribution in [0.4, 0.5) is 0 Å². The molecule has 1 rings (SSSR count). The SMILES string of the molecule is CC(C)/C(=C/c1ccc(O)c(Cl)c1)[N+](=O)[O-]. The highest BCUT2D eigenvalue weighted by atomic mass is 35.5. The van der Waals surface area contributed by atoms with Gasteiger partial charge in [-0.05, 0) is 17.7 Å². The second kappa shape index (κ2) is 4.99. The Kier molecular flexibility index (Phi) is 3.90. The molecule has 16 heavy (non-hydrogen) atoms. The fraction of sp³-hybridized carbons (Fsp3) is 0.273. The molecule has 86 valence electrons. The minimum absolute atomic E-state index is 0.0361. The van der Waals surface area contributed by atoms with Crippen LogP contribution in [0.25, 0.3) is 6.08 Å². The zero-order valence-electron chi connectivity index (χ0n) is 8.98. The van der Waals surface area contributed by atoms with E-state index in [1.54, 1.807) is 19.9 Å². The summed E-state index contributed by atoms with van der Waals surface area (Å²) in [5.41, 5.74) is 0.713. The number of hydrogen-bond acceptors (Lipinski definition) is 3. The van der Waals surface area contributed by atoms with Crippen LogP contribution in [-0.4, -0.2) is 10.0 Å². The first-order chi connectivity index (χ1) is 7.41. The quantitative estimate of drug-likeness (QED) is 0.652. The number of allylic oxidation sites excluding steroid dienone is 1. The summed E-state index contributed by atoms with van der Waals surface area (Å²) in [6.07, 6.45) is 1.45. The number of hydrogen-bond donors (Lipinski definition) is 1. The Hall–Kier alpha value is -1.55. The zero-order valence-corrected chi connectivity index (χ0v) is 9.73. The van der Waals surface area contributed by atoms with Crippen LogP contribution in [0.5, 0.6) is 5.75 Å². The Morgan fingerprint density at radius 2 is 2.19 bits per heavy atom. The van der Waals surface area contributed by atoms with E-state index in [0.717, 1.165) is 0 Å². The summed E-state index contributed by atoms with van der Waals surface area (Å²) in [5.74, 6) is -0.214. The summed E-state index contributed by atoms with van der Waals surface area (Å²) < 4.78 is 0. The molecule has 0 heterocycles. The molecule has 0 fully saturated rings. The number of nitrogens with zero attached hydrogens (tertiary/aromatic N) is 1. The van der Waals surface area contributed by atoms with Gasteiger partial charge in [0.1, 0.15) is 5.75 Å². The molecule has 1 aromatic rings. The van der Waals surface area contributed by atoms with Crippen molar-refractivity contribution in [2.45, 2.75) is 13.8 Å². The molecule has 0 radical (unpaired) electrons. The van der Waals surface area contributed by atoms with Crippen LogP contribution in [0.2, 0.25) is 5.02 Å². The molecular weight excluding hydrogens is 230 g/mol. The van der Waals surface area contributed by atoms with Gasteiger partial charge >= 0.3 is 0 Å². The van der Waals surface area contributed by atoms with Crippen LogP contribution >= 0.6 is 11.6 Å². The number of benzene rings is 1. The largest absolute Gasteiger partial charge is 0.506 e. The number of phenolic OH excluding ortho intramolecular Hbond substituents is 1. The number of halogens is 1. The molecule has 0 saturated carbocycles. The lowest BCUT2D eigenvalue weighted by Crippen LogP contribution is -2.05. The molecule has 0 aliphatic rings. The lowest BCUT2D eigenvalue weighted by atomic mass is 10.1. The molecule has 0 saturated heterocycles. The summed E-state index contributed by atoms with van der Waals surface area (Å²) in [4.78, 5) is 10.3. The van der Waals surface area contributed by atoms with Crippen molar-refractivity contribution < 1.29 is 10.0 Å². The summed E-state index contributed by atoms with van der Waals surface area (Å²) in [7, 11) is 0. The van der Waals surface area contributed by atoms with Crippen LogP contribution < -0.4 is 0 Å². The third-order valence-corrected chi connectivity index (χ3v) is 2.39. The Bertz CT molecular complexity index is 441. The molecule has 0 aliphatic heterocycles. The maximum atomic E-state index is 10.8. The fourth-order valence-electron chi connectivity index (χ4n) is 1.21. The summed E-state index contributed by atoms with van der Waals surface area (Å²) in [6.45, 7) is 3.49. The van der Waals surface area contributed by atoms with Crippen LogP contribution in [0, 0.1) is 16.0 Å². The van der Waals surface area contributed by atoms with Gasteiger partial charge in [0.25, 0.3) is 0 Å². The minimum Gasteiger partial charge on any atom is -0.506 e. The second-order valence-corrected chi connectivity index (χ2v) is 4.10. The van der Waals surface area contributed by atoms with Crippen LogP contribution in [0.3, 0.4) is 0 Å². The first-order valence-electron chi connectivity index (χ1n) is 4.76.